The molecular formula is C95H147F9MgO11S2. The van der Waals surface area contributed by atoms with Crippen LogP contribution in [0.3, 0.4) is 0 Å². The van der Waals surface area contributed by atoms with Crippen molar-refractivity contribution in [3.8, 4) is 0 Å². The van der Waals surface area contributed by atoms with E-state index in [1.165, 1.54) is 81.1 Å². The first-order chi connectivity index (χ1) is 54.4. The summed E-state index contributed by atoms with van der Waals surface area (Å²) in [6.07, 6.45) is 17.5. The van der Waals surface area contributed by atoms with Crippen molar-refractivity contribution in [2.45, 2.75) is 350 Å². The number of benzene rings is 2. The molecule has 13 aliphatic rings. The van der Waals surface area contributed by atoms with Crippen LogP contribution in [0, 0.1) is 123 Å². The standard InChI is InChI=1S/C33H47F3O4S.C30H44O3S.C27H43F3O2.C3H3F3O.CH4O.CH4.Mg.2H/c1-4-32(38)17-15-25-22(20-32)10-11-27-26(25)14-16-31(3)28(12-13-29(27)31)21(2)18-24(19-30(37)33(34,35)36)41(39,40)23-8-6-5-7-9-23;1-4-30(31)18-15-24-22(20-30)10-11-26-25(24)14-17-29(3)27(12-13-28(26)29)21(2)16-19-34(32,33)23-8-6-5-7-9-23;1-4-26(32)15-13-19-18(16-26)8-9-21-20(19)12-14-25(3)22(10-11-23(21)25)17(2)6-5-7-24(31)27(28,29)30;4-3(5,6)2-1-7-2;1-2;;;;/h5-10,21,24-30,37-38H,4,11-20H2,1-3H3;5-10,21,24-28,31H,4,11-20H2,1-3H3;8,17,19-24,31-32H,4-7,9-16H2,1-3H3;2H,1H2;2H,1H3;1H4;;;/q;;;;;;+2;2*-1/t21-,24?,25+,26-,27-,28-,29+,30+,31-,32+;21-,24+,25-,26-,27-,28+,29-,30+;17-,19+,20-,21-,22-,23+,24+,25-,26+;2-;;;;;/m1110...../s1. The number of allylic oxidation sites excluding steroid dienone is 3. The van der Waals surface area contributed by atoms with Crippen molar-refractivity contribution < 1.29 is 94.6 Å². The van der Waals surface area contributed by atoms with E-state index in [1.54, 1.807) is 35.9 Å². The van der Waals surface area contributed by atoms with Crippen molar-refractivity contribution in [3.05, 3.63) is 95.6 Å². The maximum Gasteiger partial charge on any atom is 2.00 e. The number of aliphatic hydroxyl groups excluding tert-OH is 3. The summed E-state index contributed by atoms with van der Waals surface area (Å²) in [6.45, 7) is 20.1. The van der Waals surface area contributed by atoms with Crippen molar-refractivity contribution >= 4 is 42.7 Å². The number of fused-ring (bicyclic) bond motifs is 15. The Kier molecular flexibility index (Phi) is 33.1. The first-order valence-electron chi connectivity index (χ1n) is 44.9. The molecule has 1 heterocycles. The van der Waals surface area contributed by atoms with Gasteiger partial charge in [-0.3, -0.25) is 0 Å². The molecule has 118 heavy (non-hydrogen) atoms. The van der Waals surface area contributed by atoms with Gasteiger partial charge in [0.1, 0.15) is 6.10 Å². The summed E-state index contributed by atoms with van der Waals surface area (Å²) in [4.78, 5) is 0.473. The molecular weight excluding hydrogens is 1580 g/mol. The maximum atomic E-state index is 13.6. The van der Waals surface area contributed by atoms with Gasteiger partial charge in [0, 0.05) is 7.11 Å². The molecule has 1 saturated heterocycles. The molecule has 0 spiro atoms. The molecule has 2 aromatic carbocycles. The fourth-order valence-corrected chi connectivity index (χ4v) is 31.0. The van der Waals surface area contributed by atoms with E-state index in [4.69, 9.17) is 5.11 Å². The Labute approximate surface area is 721 Å². The molecule has 6 N–H and O–H groups in total. The Morgan fingerprint density at radius 2 is 0.814 bits per heavy atom. The van der Waals surface area contributed by atoms with Crippen LogP contribution in [0.5, 0.6) is 0 Å². The quantitative estimate of drug-likeness (QED) is 0.0319. The summed E-state index contributed by atoms with van der Waals surface area (Å²) >= 11 is 0. The Bertz CT molecular complexity index is 3910. The van der Waals surface area contributed by atoms with Gasteiger partial charge in [-0.15, -0.1) is 0 Å². The summed E-state index contributed by atoms with van der Waals surface area (Å²) in [5, 5.41) is 57.6. The largest absolute Gasteiger partial charge is 2.00 e. The molecule has 1 aliphatic heterocycles. The number of hydrogen-bond donors (Lipinski definition) is 6. The predicted molar refractivity (Wildman–Crippen MR) is 451 cm³/mol. The average molecular weight is 1720 g/mol. The van der Waals surface area contributed by atoms with Crippen LogP contribution in [0.4, 0.5) is 39.5 Å². The molecule has 1 unspecified atom stereocenters. The minimum atomic E-state index is -4.87. The van der Waals surface area contributed by atoms with E-state index in [0.29, 0.717) is 81.3 Å². The van der Waals surface area contributed by atoms with Gasteiger partial charge in [-0.25, -0.2) is 16.8 Å². The van der Waals surface area contributed by atoms with E-state index in [-0.39, 0.29) is 80.7 Å². The van der Waals surface area contributed by atoms with Crippen LogP contribution >= 0.6 is 0 Å². The molecule has 10 fully saturated rings. The van der Waals surface area contributed by atoms with E-state index < -0.39 is 85.0 Å². The summed E-state index contributed by atoms with van der Waals surface area (Å²) in [6, 6.07) is 16.7. The summed E-state index contributed by atoms with van der Waals surface area (Å²) in [5.41, 5.74) is 3.68. The first kappa shape index (κ1) is 99.2. The summed E-state index contributed by atoms with van der Waals surface area (Å²) in [7, 11) is -6.27. The number of alkyl halides is 9. The van der Waals surface area contributed by atoms with Gasteiger partial charge in [-0.2, -0.15) is 39.5 Å². The van der Waals surface area contributed by atoms with Crippen LogP contribution in [0.15, 0.2) is 105 Å². The number of hydrogen-bond acceptors (Lipinski definition) is 11. The number of ether oxygens (including phenoxy) is 1. The SMILES string of the molecule is C.CC[C@]1(O)CC[C@H]2C(=CC[C@@H]3[C@@H]2CC[C@]2(C)[C@@H]([C@H](C)CC(C[C@H](O)C(F)(F)F)S(=O)(=O)c4ccccc4)CC[C@@H]32)C1.CC[C@]1(O)CC[C@H]2C(=CC[C@@H]3[C@@H]2CC[C@]2(C)[C@@H]([C@H](C)CCC[C@H](O)C(F)(F)F)CC[C@@H]32)C1.CC[C@]1(O)CC[C@H]2C(=CC[C@@H]3[C@@H]2CC[C@]2(C)[C@@H]([C@H](C)CCS(=O)(=O)c4ccccc4)CC[C@@H]32)C1.CO.FC(F)(F)[C@@H]1CO1.[H-].[H-].[Mg+2]. The van der Waals surface area contributed by atoms with E-state index in [1.807, 2.05) is 25.1 Å². The van der Waals surface area contributed by atoms with Crippen LogP contribution in [0.1, 0.15) is 284 Å². The zero-order chi connectivity index (χ0) is 84.7. The molecule has 28 atom stereocenters. The molecule has 0 aromatic heterocycles. The van der Waals surface area contributed by atoms with Crippen LogP contribution < -0.4 is 0 Å². The van der Waals surface area contributed by atoms with Crippen LogP contribution in [-0.4, -0.2) is 149 Å². The first-order valence-corrected chi connectivity index (χ1v) is 48.1. The third kappa shape index (κ3) is 21.5. The van der Waals surface area contributed by atoms with Gasteiger partial charge >= 0.3 is 41.6 Å². The van der Waals surface area contributed by atoms with E-state index in [2.05, 4.69) is 78.4 Å². The van der Waals surface area contributed by atoms with Gasteiger partial charge in [0.25, 0.3) is 0 Å². The maximum absolute atomic E-state index is 13.6. The van der Waals surface area contributed by atoms with Crippen molar-refractivity contribution in [2.24, 2.45) is 123 Å². The van der Waals surface area contributed by atoms with E-state index in [9.17, 15) is 81.9 Å². The molecule has 11 nitrogen and oxygen atoms in total. The normalized spacial score (nSPS) is 38.5. The minimum Gasteiger partial charge on any atom is -1.00 e. The fraction of sp³-hybridized carbons (Fsp3) is 0.811. The van der Waals surface area contributed by atoms with Crippen molar-refractivity contribution in [1.82, 2.24) is 0 Å². The average Bonchev–Trinajstić information content (AvgIpc) is 1.54. The Hall–Kier alpha value is -2.58. The smallest absolute Gasteiger partial charge is 1.00 e. The third-order valence-corrected chi connectivity index (χ3v) is 38.2. The second kappa shape index (κ2) is 39.3. The topological polar surface area (TPSA) is 202 Å². The molecule has 0 amide bonds. The Morgan fingerprint density at radius 3 is 1.14 bits per heavy atom. The van der Waals surface area contributed by atoms with Crippen molar-refractivity contribution in [1.29, 1.82) is 0 Å². The Morgan fingerprint density at radius 1 is 0.466 bits per heavy atom. The molecule has 0 radical (unpaired) electrons. The molecule has 2 aromatic rings. The molecule has 0 bridgehead atoms. The van der Waals surface area contributed by atoms with Crippen LogP contribution in [-0.2, 0) is 24.4 Å². The number of rotatable bonds is 20. The summed E-state index contributed by atoms with van der Waals surface area (Å²) in [5.74, 6) is 10.6. The fourth-order valence-electron chi connectivity index (χ4n) is 27.6. The number of halogens is 9. The number of sulfone groups is 2. The van der Waals surface area contributed by atoms with Gasteiger partial charge in [0.05, 0.1) is 44.2 Å². The van der Waals surface area contributed by atoms with Gasteiger partial charge in [0.2, 0.25) is 0 Å². The minimum absolute atomic E-state index is 0. The van der Waals surface area contributed by atoms with Crippen molar-refractivity contribution in [3.63, 3.8) is 0 Å². The molecule has 9 saturated carbocycles. The van der Waals surface area contributed by atoms with Crippen LogP contribution in [0.2, 0.25) is 0 Å². The van der Waals surface area contributed by atoms with Gasteiger partial charge in [-0.05, 0) is 346 Å². The Balaban J connectivity index is 0.000000233. The third-order valence-electron chi connectivity index (χ3n) is 34.2. The molecule has 670 valence electrons. The molecule has 12 aliphatic carbocycles. The monoisotopic (exact) mass is 1720 g/mol. The second-order valence-corrected chi connectivity index (χ2v) is 44.3. The van der Waals surface area contributed by atoms with Gasteiger partial charge in [-0.1, -0.05) is 154 Å². The number of epoxide rings is 1. The molecule has 15 rings (SSSR count). The number of aliphatic hydroxyl groups is 6. The summed E-state index contributed by atoms with van der Waals surface area (Å²) < 4.78 is 168. The van der Waals surface area contributed by atoms with Gasteiger partial charge < -0.3 is 38.2 Å². The zero-order valence-corrected chi connectivity index (χ0v) is 74.7. The second-order valence-electron chi connectivity index (χ2n) is 39.9. The molecule has 23 heteroatoms. The van der Waals surface area contributed by atoms with E-state index >= 15 is 0 Å². The van der Waals surface area contributed by atoms with E-state index in [0.717, 1.165) is 171 Å². The van der Waals surface area contributed by atoms with Crippen molar-refractivity contribution in [2.75, 3.05) is 19.5 Å². The van der Waals surface area contributed by atoms with Gasteiger partial charge in [0.15, 0.2) is 31.9 Å². The van der Waals surface area contributed by atoms with Crippen LogP contribution in [0.25, 0.3) is 0 Å². The zero-order valence-electron chi connectivity index (χ0n) is 73.6. The predicted octanol–water partition coefficient (Wildman–Crippen LogP) is 22.4.